The normalized spacial score (nSPS) is 22.3. The minimum Gasteiger partial charge on any atom is -0.365 e. The fraction of sp³-hybridized carbons (Fsp3) is 0.522. The number of fused-ring (bicyclic) bond motifs is 1. The fourth-order valence-electron chi connectivity index (χ4n) is 5.48. The summed E-state index contributed by atoms with van der Waals surface area (Å²) in [7, 11) is 2.08. The molecular formula is C23H26ClF3N6O. The van der Waals surface area contributed by atoms with Gasteiger partial charge in [-0.2, -0.15) is 0 Å². The Hall–Kier alpha value is -2.59. The van der Waals surface area contributed by atoms with E-state index in [0.717, 1.165) is 45.0 Å². The first-order valence-electron chi connectivity index (χ1n) is 11.4. The molecule has 2 fully saturated rings. The van der Waals surface area contributed by atoms with E-state index in [4.69, 9.17) is 11.6 Å². The van der Waals surface area contributed by atoms with Gasteiger partial charge in [0.05, 0.1) is 29.9 Å². The summed E-state index contributed by atoms with van der Waals surface area (Å²) < 4.78 is 40.5. The molecule has 2 saturated heterocycles. The molecule has 182 valence electrons. The molecule has 0 saturated carbocycles. The molecule has 11 heteroatoms. The van der Waals surface area contributed by atoms with Crippen molar-refractivity contribution in [2.24, 2.45) is 0 Å². The maximum absolute atomic E-state index is 14.5. The zero-order valence-electron chi connectivity index (χ0n) is 18.8. The van der Waals surface area contributed by atoms with E-state index in [2.05, 4.69) is 27.2 Å². The van der Waals surface area contributed by atoms with Gasteiger partial charge in [0.25, 0.3) is 6.43 Å². The number of alkyl halides is 2. The minimum absolute atomic E-state index is 0.00686. The number of likely N-dealkylation sites (N-methyl/N-ethyl adjacent to an activating group) is 1. The van der Waals surface area contributed by atoms with E-state index in [1.165, 1.54) is 12.1 Å². The number of hydrogen-bond acceptors (Lipinski definition) is 5. The maximum Gasteiger partial charge on any atom is 0.321 e. The summed E-state index contributed by atoms with van der Waals surface area (Å²) in [6.07, 6.45) is 0.0662. The van der Waals surface area contributed by atoms with Crippen LogP contribution < -0.4 is 5.32 Å². The van der Waals surface area contributed by atoms with Gasteiger partial charge >= 0.3 is 6.03 Å². The number of rotatable bonds is 4. The van der Waals surface area contributed by atoms with Gasteiger partial charge in [-0.05, 0) is 37.9 Å². The lowest BCUT2D eigenvalue weighted by Gasteiger charge is -2.37. The summed E-state index contributed by atoms with van der Waals surface area (Å²) in [5.74, 6) is -0.566. The quantitative estimate of drug-likeness (QED) is 0.637. The van der Waals surface area contributed by atoms with Crippen LogP contribution in [-0.4, -0.2) is 62.9 Å². The smallest absolute Gasteiger partial charge is 0.321 e. The number of anilines is 1. The average molecular weight is 495 g/mol. The number of urea groups is 1. The van der Waals surface area contributed by atoms with Crippen molar-refractivity contribution in [1.29, 1.82) is 0 Å². The summed E-state index contributed by atoms with van der Waals surface area (Å²) in [4.78, 5) is 28.1. The van der Waals surface area contributed by atoms with Crippen molar-refractivity contribution in [1.82, 2.24) is 24.7 Å². The van der Waals surface area contributed by atoms with Crippen LogP contribution in [-0.2, 0) is 19.6 Å². The second-order valence-corrected chi connectivity index (χ2v) is 9.69. The molecule has 34 heavy (non-hydrogen) atoms. The molecule has 1 unspecified atom stereocenters. The number of nitrogens with zero attached hydrogens (tertiary/aromatic N) is 5. The Morgan fingerprint density at radius 3 is 2.79 bits per heavy atom. The fourth-order valence-corrected chi connectivity index (χ4v) is 5.67. The Morgan fingerprint density at radius 1 is 1.24 bits per heavy atom. The molecular weight excluding hydrogens is 469 g/mol. The van der Waals surface area contributed by atoms with Crippen LogP contribution in [0.4, 0.5) is 23.8 Å². The average Bonchev–Trinajstić information content (AvgIpc) is 3.50. The van der Waals surface area contributed by atoms with E-state index in [1.807, 2.05) is 4.90 Å². The highest BCUT2D eigenvalue weighted by Crippen LogP contribution is 2.39. The van der Waals surface area contributed by atoms with Crippen LogP contribution >= 0.6 is 11.6 Å². The summed E-state index contributed by atoms with van der Waals surface area (Å²) in [6, 6.07) is 3.88. The third kappa shape index (κ3) is 4.07. The van der Waals surface area contributed by atoms with Gasteiger partial charge in [-0.15, -0.1) is 0 Å². The zero-order chi connectivity index (χ0) is 24.0. The van der Waals surface area contributed by atoms with Gasteiger partial charge in [-0.3, -0.25) is 0 Å². The summed E-state index contributed by atoms with van der Waals surface area (Å²) in [5, 5.41) is 3.02. The first-order valence-corrected chi connectivity index (χ1v) is 11.7. The highest BCUT2D eigenvalue weighted by molar-refractivity contribution is 6.28. The van der Waals surface area contributed by atoms with E-state index in [1.54, 1.807) is 4.90 Å². The zero-order valence-corrected chi connectivity index (χ0v) is 19.6. The van der Waals surface area contributed by atoms with Gasteiger partial charge in [0.1, 0.15) is 11.6 Å². The van der Waals surface area contributed by atoms with Crippen LogP contribution in [0.2, 0.25) is 5.28 Å². The molecule has 1 aromatic carbocycles. The maximum atomic E-state index is 14.5. The molecule has 1 N–H and O–H groups in total. The van der Waals surface area contributed by atoms with E-state index < -0.39 is 17.8 Å². The van der Waals surface area contributed by atoms with E-state index in [-0.39, 0.29) is 29.0 Å². The van der Waals surface area contributed by atoms with E-state index in [9.17, 15) is 18.0 Å². The Kier molecular flexibility index (Phi) is 6.05. The van der Waals surface area contributed by atoms with Gasteiger partial charge in [-0.1, -0.05) is 18.2 Å². The predicted molar refractivity (Wildman–Crippen MR) is 121 cm³/mol. The lowest BCUT2D eigenvalue weighted by Crippen LogP contribution is -2.52. The number of aromatic nitrogens is 2. The van der Waals surface area contributed by atoms with Crippen LogP contribution in [0.1, 0.15) is 48.1 Å². The molecule has 0 bridgehead atoms. The monoisotopic (exact) mass is 494 g/mol. The van der Waals surface area contributed by atoms with Crippen molar-refractivity contribution in [2.75, 3.05) is 32.0 Å². The molecule has 0 radical (unpaired) electrons. The Bertz CT molecular complexity index is 1120. The van der Waals surface area contributed by atoms with Crippen LogP contribution in [0.3, 0.4) is 0 Å². The van der Waals surface area contributed by atoms with Crippen molar-refractivity contribution >= 4 is 23.4 Å². The van der Waals surface area contributed by atoms with Crippen LogP contribution in [0, 0.1) is 5.82 Å². The summed E-state index contributed by atoms with van der Waals surface area (Å²) >= 11 is 6.12. The third-order valence-electron chi connectivity index (χ3n) is 7.17. The van der Waals surface area contributed by atoms with Gasteiger partial charge in [-0.25, -0.2) is 27.9 Å². The Morgan fingerprint density at radius 2 is 2.06 bits per heavy atom. The van der Waals surface area contributed by atoms with Crippen molar-refractivity contribution in [3.8, 4) is 0 Å². The first kappa shape index (κ1) is 23.2. The largest absolute Gasteiger partial charge is 0.365 e. The highest BCUT2D eigenvalue weighted by atomic mass is 35.5. The second kappa shape index (κ2) is 8.88. The second-order valence-electron chi connectivity index (χ2n) is 9.35. The topological polar surface area (TPSA) is 64.6 Å². The van der Waals surface area contributed by atoms with Gasteiger partial charge in [0, 0.05) is 37.3 Å². The number of hydrogen-bond donors (Lipinski definition) is 1. The number of carbonyl (C=O) groups excluding carboxylic acids is 1. The number of amides is 2. The highest BCUT2D eigenvalue weighted by Gasteiger charge is 2.48. The van der Waals surface area contributed by atoms with Crippen molar-refractivity contribution in [3.05, 3.63) is 51.7 Å². The number of halogens is 4. The minimum atomic E-state index is -2.90. The Labute approximate surface area is 200 Å². The van der Waals surface area contributed by atoms with Crippen molar-refractivity contribution < 1.29 is 18.0 Å². The molecule has 1 aromatic heterocycles. The molecule has 3 aliphatic heterocycles. The van der Waals surface area contributed by atoms with Gasteiger partial charge in [0.15, 0.2) is 0 Å². The molecule has 4 heterocycles. The molecule has 1 spiro atoms. The third-order valence-corrected chi connectivity index (χ3v) is 7.34. The standard InChI is InChI=1S/C23H26ClF3N6O/c1-31-9-7-23(13-31)6-3-8-33(23)22(34)32-11-16-17(12-32)29-21(24)30-20(16)28-10-14-4-2-5-15(18(14)25)19(26)27/h2,4-5,19H,3,6-13H2,1H3,(H,28,29,30). The lowest BCUT2D eigenvalue weighted by molar-refractivity contribution is 0.113. The summed E-state index contributed by atoms with van der Waals surface area (Å²) in [6.45, 7) is 3.14. The molecule has 3 aliphatic rings. The predicted octanol–water partition coefficient (Wildman–Crippen LogP) is 4.42. The number of likely N-dealkylation sites (tertiary alicyclic amines) is 2. The van der Waals surface area contributed by atoms with Crippen molar-refractivity contribution in [3.63, 3.8) is 0 Å². The first-order chi connectivity index (χ1) is 16.3. The molecule has 0 aliphatic carbocycles. The SMILES string of the molecule is CN1CCC2(CCCN2C(=O)N2Cc3nc(Cl)nc(NCc4cccc(C(F)F)c4F)c3C2)C1. The van der Waals surface area contributed by atoms with Crippen LogP contribution in [0.25, 0.3) is 0 Å². The number of carbonyl (C=O) groups is 1. The van der Waals surface area contributed by atoms with Crippen molar-refractivity contribution in [2.45, 2.75) is 50.9 Å². The molecule has 2 aromatic rings. The Balaban J connectivity index is 1.34. The molecule has 2 amide bonds. The summed E-state index contributed by atoms with van der Waals surface area (Å²) in [5.41, 5.74) is 0.684. The molecule has 1 atom stereocenters. The molecule has 7 nitrogen and oxygen atoms in total. The van der Waals surface area contributed by atoms with Crippen LogP contribution in [0.5, 0.6) is 0 Å². The van der Waals surface area contributed by atoms with Crippen LogP contribution in [0.15, 0.2) is 18.2 Å². The van der Waals surface area contributed by atoms with E-state index >= 15 is 0 Å². The van der Waals surface area contributed by atoms with Gasteiger partial charge < -0.3 is 20.0 Å². The number of benzene rings is 1. The van der Waals surface area contributed by atoms with Gasteiger partial charge in [0.2, 0.25) is 5.28 Å². The molecule has 5 rings (SSSR count). The van der Waals surface area contributed by atoms with E-state index in [0.29, 0.717) is 30.2 Å². The lowest BCUT2D eigenvalue weighted by atomic mass is 9.95. The number of nitrogens with one attached hydrogen (secondary N) is 1.